The Morgan fingerprint density at radius 3 is 2.03 bits per heavy atom. The first kappa shape index (κ1) is 22.9. The van der Waals surface area contributed by atoms with Crippen LogP contribution in [0.25, 0.3) is 41.1 Å². The molecule has 8 heteroatoms. The zero-order valence-electron chi connectivity index (χ0n) is 18.1. The highest BCUT2D eigenvalue weighted by Gasteiger charge is 2.19. The average Bonchev–Trinajstić information content (AvgIpc) is 3.57. The van der Waals surface area contributed by atoms with E-state index in [0.29, 0.717) is 37.0 Å². The molecule has 3 aromatic carbocycles. The fraction of sp³-hybridized carbons (Fsp3) is 0. The Morgan fingerprint density at radius 2 is 1.42 bits per heavy atom. The molecule has 0 atom stereocenters. The van der Waals surface area contributed by atoms with Gasteiger partial charge in [-0.25, -0.2) is 18.5 Å². The zero-order valence-corrected chi connectivity index (χ0v) is 19.8. The molecule has 0 aliphatic heterocycles. The molecule has 0 saturated carbocycles. The van der Waals surface area contributed by atoms with Crippen molar-refractivity contribution in [3.05, 3.63) is 121 Å². The van der Waals surface area contributed by atoms with Crippen LogP contribution in [0, 0.1) is 47.4 Å². The molecule has 0 bridgehead atoms. The minimum absolute atomic E-state index is 0.0346. The first-order chi connectivity index (χ1) is 17.5. The molecule has 0 fully saturated rings. The summed E-state index contributed by atoms with van der Waals surface area (Å²) in [6, 6.07) is 15.4. The standard InChI is InChI=1S/C28H10F2N4S2/c1-33-23-12-17(30)4-6-19(23)26(34-2)25-21-8-10-35-27(21)24(20-7-9-36-28(20)25)22(14-32)18-5-3-16(29)11-15(18)13-31/h3-12H/b24-22-,26-25+. The van der Waals surface area contributed by atoms with Gasteiger partial charge in [-0.15, -0.1) is 22.7 Å². The van der Waals surface area contributed by atoms with E-state index in [9.17, 15) is 19.3 Å². The SMILES string of the molecule is [C-]#[N+]/C(c1ccc(F)cc1[N+]#[C-])=c1\c2ccsc2/c(=C(/C#N)c2ccc(F)cc2C#N)c2ccsc12. The zero-order chi connectivity index (χ0) is 25.4. The second-order valence-corrected chi connectivity index (χ2v) is 9.43. The van der Waals surface area contributed by atoms with E-state index in [1.54, 1.807) is 0 Å². The van der Waals surface area contributed by atoms with E-state index >= 15 is 0 Å². The van der Waals surface area contributed by atoms with Crippen LogP contribution in [0.4, 0.5) is 14.5 Å². The van der Waals surface area contributed by atoms with Crippen LogP contribution in [0.3, 0.4) is 0 Å². The predicted molar refractivity (Wildman–Crippen MR) is 137 cm³/mol. The quantitative estimate of drug-likeness (QED) is 0.254. The summed E-state index contributed by atoms with van der Waals surface area (Å²) in [5, 5.41) is 26.1. The third kappa shape index (κ3) is 3.50. The molecule has 168 valence electrons. The topological polar surface area (TPSA) is 56.3 Å². The van der Waals surface area contributed by atoms with Crippen LogP contribution in [0.2, 0.25) is 0 Å². The highest BCUT2D eigenvalue weighted by atomic mass is 32.1. The van der Waals surface area contributed by atoms with Crippen LogP contribution < -0.4 is 10.4 Å². The summed E-state index contributed by atoms with van der Waals surface area (Å²) in [4.78, 5) is 7.20. The number of benzene rings is 3. The maximum atomic E-state index is 13.8. The molecule has 0 radical (unpaired) electrons. The van der Waals surface area contributed by atoms with Crippen molar-refractivity contribution in [2.75, 3.05) is 0 Å². The molecule has 0 aliphatic carbocycles. The number of nitrogens with zero attached hydrogens (tertiary/aromatic N) is 4. The Bertz CT molecular complexity index is 1820. The Balaban J connectivity index is 2.06. The van der Waals surface area contributed by atoms with E-state index in [2.05, 4.69) is 15.8 Å². The molecule has 5 rings (SSSR count). The molecular weight excluding hydrogens is 494 g/mol. The molecule has 0 unspecified atom stereocenters. The van der Waals surface area contributed by atoms with Crippen LogP contribution in [0.5, 0.6) is 0 Å². The highest BCUT2D eigenvalue weighted by Crippen LogP contribution is 2.31. The first-order valence-electron chi connectivity index (χ1n) is 10.3. The molecule has 4 nitrogen and oxygen atoms in total. The van der Waals surface area contributed by atoms with Crippen molar-refractivity contribution in [3.8, 4) is 12.1 Å². The van der Waals surface area contributed by atoms with Gasteiger partial charge in [-0.05, 0) is 64.2 Å². The first-order valence-corrected chi connectivity index (χ1v) is 12.1. The molecule has 36 heavy (non-hydrogen) atoms. The van der Waals surface area contributed by atoms with Crippen molar-refractivity contribution in [1.82, 2.24) is 0 Å². The number of fused-ring (bicyclic) bond motifs is 2. The van der Waals surface area contributed by atoms with E-state index in [1.807, 2.05) is 29.0 Å². The van der Waals surface area contributed by atoms with Gasteiger partial charge in [-0.3, -0.25) is 0 Å². The summed E-state index contributed by atoms with van der Waals surface area (Å²) >= 11 is 2.75. The van der Waals surface area contributed by atoms with Gasteiger partial charge in [0.15, 0.2) is 11.4 Å². The largest absolute Gasteiger partial charge is 0.239 e. The fourth-order valence-corrected chi connectivity index (χ4v) is 6.18. The normalized spacial score (nSPS) is 12.4. The van der Waals surface area contributed by atoms with Crippen LogP contribution >= 0.6 is 22.7 Å². The molecule has 0 saturated heterocycles. The average molecular weight is 505 g/mol. The minimum atomic E-state index is -0.573. The molecule has 0 aliphatic rings. The molecule has 0 spiro atoms. The van der Waals surface area contributed by atoms with E-state index in [1.165, 1.54) is 46.9 Å². The van der Waals surface area contributed by atoms with Crippen molar-refractivity contribution in [1.29, 1.82) is 10.5 Å². The van der Waals surface area contributed by atoms with Crippen LogP contribution in [0.15, 0.2) is 59.3 Å². The van der Waals surface area contributed by atoms with E-state index in [4.69, 9.17) is 13.1 Å². The minimum Gasteiger partial charge on any atom is -0.239 e. The van der Waals surface area contributed by atoms with Gasteiger partial charge < -0.3 is 0 Å². The lowest BCUT2D eigenvalue weighted by Crippen LogP contribution is -2.17. The maximum Gasteiger partial charge on any atom is 0.193 e. The lowest BCUT2D eigenvalue weighted by Gasteiger charge is -2.08. The van der Waals surface area contributed by atoms with Crippen LogP contribution in [-0.4, -0.2) is 0 Å². The van der Waals surface area contributed by atoms with Crippen molar-refractivity contribution in [2.24, 2.45) is 0 Å². The number of hydrogen-bond acceptors (Lipinski definition) is 4. The second kappa shape index (κ2) is 9.06. The second-order valence-electron chi connectivity index (χ2n) is 7.60. The fourth-order valence-electron chi connectivity index (χ4n) is 4.25. The Hall–Kier alpha value is -4.86. The number of rotatable bonds is 2. The van der Waals surface area contributed by atoms with Gasteiger partial charge in [0.1, 0.15) is 17.7 Å². The Kier molecular flexibility index (Phi) is 5.77. The summed E-state index contributed by atoms with van der Waals surface area (Å²) in [6.07, 6.45) is 0. The lowest BCUT2D eigenvalue weighted by molar-refractivity contribution is 0.627. The van der Waals surface area contributed by atoms with Crippen molar-refractivity contribution < 1.29 is 8.78 Å². The monoisotopic (exact) mass is 504 g/mol. The maximum absolute atomic E-state index is 13.8. The van der Waals surface area contributed by atoms with Crippen molar-refractivity contribution in [3.63, 3.8) is 0 Å². The predicted octanol–water partition coefficient (Wildman–Crippen LogP) is 6.62. The molecule has 2 heterocycles. The van der Waals surface area contributed by atoms with Crippen molar-refractivity contribution >= 4 is 59.8 Å². The number of hydrogen-bond donors (Lipinski definition) is 0. The molecule has 5 aromatic rings. The summed E-state index contributed by atoms with van der Waals surface area (Å²) in [7, 11) is 0. The smallest absolute Gasteiger partial charge is 0.193 e. The molecule has 0 amide bonds. The summed E-state index contributed by atoms with van der Waals surface area (Å²) in [5.41, 5.74) is 1.16. The lowest BCUT2D eigenvalue weighted by atomic mass is 9.96. The number of halogens is 2. The van der Waals surface area contributed by atoms with Crippen LogP contribution in [-0.2, 0) is 0 Å². The van der Waals surface area contributed by atoms with Gasteiger partial charge in [0.2, 0.25) is 0 Å². The van der Waals surface area contributed by atoms with E-state index in [-0.39, 0.29) is 22.5 Å². The third-order valence-corrected chi connectivity index (χ3v) is 7.60. The van der Waals surface area contributed by atoms with Gasteiger partial charge in [-0.2, -0.15) is 10.5 Å². The Morgan fingerprint density at radius 1 is 0.806 bits per heavy atom. The molecule has 0 N–H and O–H groups in total. The van der Waals surface area contributed by atoms with Gasteiger partial charge in [0, 0.05) is 30.8 Å². The van der Waals surface area contributed by atoms with Gasteiger partial charge in [-0.1, -0.05) is 6.07 Å². The number of nitriles is 2. The summed E-state index contributed by atoms with van der Waals surface area (Å²) in [6.45, 7) is 15.5. The highest BCUT2D eigenvalue weighted by molar-refractivity contribution is 7.18. The number of thiophene rings is 2. The summed E-state index contributed by atoms with van der Waals surface area (Å²) < 4.78 is 29.1. The third-order valence-electron chi connectivity index (χ3n) is 5.74. The molecular formula is C28H10F2N4S2. The summed E-state index contributed by atoms with van der Waals surface area (Å²) in [5.74, 6) is -1.14. The van der Waals surface area contributed by atoms with E-state index < -0.39 is 11.6 Å². The van der Waals surface area contributed by atoms with Gasteiger partial charge >= 0.3 is 0 Å². The van der Waals surface area contributed by atoms with Crippen LogP contribution in [0.1, 0.15) is 16.7 Å². The Labute approximate surface area is 211 Å². The van der Waals surface area contributed by atoms with Crippen molar-refractivity contribution in [2.45, 2.75) is 0 Å². The van der Waals surface area contributed by atoms with Gasteiger partial charge in [0.25, 0.3) is 0 Å². The van der Waals surface area contributed by atoms with E-state index in [0.717, 1.165) is 16.8 Å². The molecule has 2 aromatic heterocycles. The van der Waals surface area contributed by atoms with Gasteiger partial charge in [0.05, 0.1) is 30.4 Å².